The lowest BCUT2D eigenvalue weighted by atomic mass is 10.2. The maximum absolute atomic E-state index is 5.48. The van der Waals surface area contributed by atoms with Gasteiger partial charge in [0.25, 0.3) is 0 Å². The van der Waals surface area contributed by atoms with Crippen LogP contribution in [0.3, 0.4) is 0 Å². The molecule has 1 N–H and O–H groups in total. The molecule has 2 aromatic rings. The van der Waals surface area contributed by atoms with Gasteiger partial charge in [-0.1, -0.05) is 6.07 Å². The standard InChI is InChI=1S/C14H20N4O/c1-15-9-12-14(17(2)11-6-8-19-10-11)16-13-5-3-4-7-18(12)13/h3-5,7,11,15H,6,8-10H2,1-2H3. The van der Waals surface area contributed by atoms with Crippen LogP contribution in [-0.4, -0.2) is 42.7 Å². The summed E-state index contributed by atoms with van der Waals surface area (Å²) in [4.78, 5) is 7.03. The summed E-state index contributed by atoms with van der Waals surface area (Å²) in [6.07, 6.45) is 3.14. The maximum Gasteiger partial charge on any atom is 0.152 e. The number of hydrogen-bond acceptors (Lipinski definition) is 4. The summed E-state index contributed by atoms with van der Waals surface area (Å²) in [5.41, 5.74) is 2.20. The molecule has 19 heavy (non-hydrogen) atoms. The molecule has 1 saturated heterocycles. The molecule has 0 bridgehead atoms. The van der Waals surface area contributed by atoms with Crippen molar-refractivity contribution in [2.45, 2.75) is 19.0 Å². The number of nitrogens with one attached hydrogen (secondary N) is 1. The fourth-order valence-corrected chi connectivity index (χ4v) is 2.65. The highest BCUT2D eigenvalue weighted by Gasteiger charge is 2.24. The normalized spacial score (nSPS) is 19.2. The van der Waals surface area contributed by atoms with Gasteiger partial charge in [-0.3, -0.25) is 0 Å². The highest BCUT2D eigenvalue weighted by Crippen LogP contribution is 2.24. The molecule has 0 saturated carbocycles. The summed E-state index contributed by atoms with van der Waals surface area (Å²) < 4.78 is 7.63. The molecule has 1 unspecified atom stereocenters. The van der Waals surface area contributed by atoms with Gasteiger partial charge in [0.1, 0.15) is 5.65 Å². The lowest BCUT2D eigenvalue weighted by molar-refractivity contribution is 0.193. The molecular formula is C14H20N4O. The van der Waals surface area contributed by atoms with Crippen molar-refractivity contribution in [2.24, 2.45) is 0 Å². The van der Waals surface area contributed by atoms with Crippen LogP contribution in [0.2, 0.25) is 0 Å². The number of pyridine rings is 1. The second kappa shape index (κ2) is 5.19. The monoisotopic (exact) mass is 260 g/mol. The molecular weight excluding hydrogens is 240 g/mol. The SMILES string of the molecule is CNCc1c(N(C)C2CCOC2)nc2ccccn12. The molecule has 3 rings (SSSR count). The van der Waals surface area contributed by atoms with Gasteiger partial charge in [0, 0.05) is 26.4 Å². The van der Waals surface area contributed by atoms with E-state index in [1.54, 1.807) is 0 Å². The smallest absolute Gasteiger partial charge is 0.152 e. The van der Waals surface area contributed by atoms with Gasteiger partial charge in [0.15, 0.2) is 5.82 Å². The van der Waals surface area contributed by atoms with Crippen LogP contribution in [0.25, 0.3) is 5.65 Å². The number of nitrogens with zero attached hydrogens (tertiary/aromatic N) is 3. The molecule has 5 nitrogen and oxygen atoms in total. The lowest BCUT2D eigenvalue weighted by Gasteiger charge is -2.24. The van der Waals surface area contributed by atoms with Crippen molar-refractivity contribution in [1.82, 2.24) is 14.7 Å². The number of fused-ring (bicyclic) bond motifs is 1. The molecule has 0 aliphatic carbocycles. The van der Waals surface area contributed by atoms with Crippen LogP contribution in [0, 0.1) is 0 Å². The van der Waals surface area contributed by atoms with E-state index in [1.165, 1.54) is 5.69 Å². The zero-order valence-electron chi connectivity index (χ0n) is 11.5. The predicted octanol–water partition coefficient (Wildman–Crippen LogP) is 1.28. The fraction of sp³-hybridized carbons (Fsp3) is 0.500. The van der Waals surface area contributed by atoms with E-state index in [9.17, 15) is 0 Å². The van der Waals surface area contributed by atoms with Gasteiger partial charge in [-0.15, -0.1) is 0 Å². The van der Waals surface area contributed by atoms with Crippen molar-refractivity contribution in [2.75, 3.05) is 32.2 Å². The van der Waals surface area contributed by atoms with Crippen molar-refractivity contribution >= 4 is 11.5 Å². The Hall–Kier alpha value is -1.59. The maximum atomic E-state index is 5.48. The van der Waals surface area contributed by atoms with Crippen molar-refractivity contribution in [3.05, 3.63) is 30.1 Å². The van der Waals surface area contributed by atoms with E-state index < -0.39 is 0 Å². The topological polar surface area (TPSA) is 41.8 Å². The summed E-state index contributed by atoms with van der Waals surface area (Å²) in [7, 11) is 4.07. The van der Waals surface area contributed by atoms with E-state index in [-0.39, 0.29) is 0 Å². The van der Waals surface area contributed by atoms with Gasteiger partial charge in [0.2, 0.25) is 0 Å². The van der Waals surface area contributed by atoms with Gasteiger partial charge < -0.3 is 19.4 Å². The molecule has 1 aliphatic rings. The Morgan fingerprint density at radius 3 is 3.16 bits per heavy atom. The average Bonchev–Trinajstić information content (AvgIpc) is 3.06. The predicted molar refractivity (Wildman–Crippen MR) is 75.6 cm³/mol. The molecule has 1 fully saturated rings. The third-order valence-electron chi connectivity index (χ3n) is 3.74. The van der Waals surface area contributed by atoms with Crippen molar-refractivity contribution in [3.8, 4) is 0 Å². The van der Waals surface area contributed by atoms with Crippen LogP contribution in [-0.2, 0) is 11.3 Å². The molecule has 1 atom stereocenters. The fourth-order valence-electron chi connectivity index (χ4n) is 2.65. The first-order valence-corrected chi connectivity index (χ1v) is 6.72. The summed E-state index contributed by atoms with van der Waals surface area (Å²) in [5, 5.41) is 3.23. The van der Waals surface area contributed by atoms with E-state index in [2.05, 4.69) is 27.9 Å². The van der Waals surface area contributed by atoms with Crippen LogP contribution in [0.4, 0.5) is 5.82 Å². The van der Waals surface area contributed by atoms with Crippen molar-refractivity contribution in [1.29, 1.82) is 0 Å². The first kappa shape index (κ1) is 12.4. The van der Waals surface area contributed by atoms with E-state index in [0.717, 1.165) is 37.6 Å². The van der Waals surface area contributed by atoms with Gasteiger partial charge in [-0.25, -0.2) is 4.98 Å². The quantitative estimate of drug-likeness (QED) is 0.899. The highest BCUT2D eigenvalue weighted by atomic mass is 16.5. The van der Waals surface area contributed by atoms with Gasteiger partial charge >= 0.3 is 0 Å². The van der Waals surface area contributed by atoms with Crippen LogP contribution in [0.1, 0.15) is 12.1 Å². The first-order valence-electron chi connectivity index (χ1n) is 6.72. The van der Waals surface area contributed by atoms with Crippen LogP contribution >= 0.6 is 0 Å². The van der Waals surface area contributed by atoms with E-state index >= 15 is 0 Å². The minimum Gasteiger partial charge on any atom is -0.379 e. The Labute approximate surface area is 113 Å². The average molecular weight is 260 g/mol. The van der Waals surface area contributed by atoms with Crippen LogP contribution in [0.5, 0.6) is 0 Å². The molecule has 102 valence electrons. The number of hydrogen-bond donors (Lipinski definition) is 1. The summed E-state index contributed by atoms with van der Waals surface area (Å²) in [6.45, 7) is 2.45. The highest BCUT2D eigenvalue weighted by molar-refractivity contribution is 5.56. The molecule has 1 aliphatic heterocycles. The zero-order valence-corrected chi connectivity index (χ0v) is 11.5. The van der Waals surface area contributed by atoms with E-state index in [1.807, 2.05) is 25.2 Å². The minimum absolute atomic E-state index is 0.431. The summed E-state index contributed by atoms with van der Waals surface area (Å²) >= 11 is 0. The summed E-state index contributed by atoms with van der Waals surface area (Å²) in [5.74, 6) is 1.05. The number of likely N-dealkylation sites (N-methyl/N-ethyl adjacent to an activating group) is 1. The zero-order chi connectivity index (χ0) is 13.2. The molecule has 0 spiro atoms. The van der Waals surface area contributed by atoms with Gasteiger partial charge in [0.05, 0.1) is 18.3 Å². The Morgan fingerprint density at radius 2 is 2.42 bits per heavy atom. The first-order chi connectivity index (χ1) is 9.31. The Balaban J connectivity index is 2.03. The van der Waals surface area contributed by atoms with Gasteiger partial charge in [-0.2, -0.15) is 0 Å². The number of anilines is 1. The third-order valence-corrected chi connectivity index (χ3v) is 3.74. The Morgan fingerprint density at radius 1 is 1.53 bits per heavy atom. The molecule has 0 amide bonds. The molecule has 0 aromatic carbocycles. The van der Waals surface area contributed by atoms with E-state index in [0.29, 0.717) is 6.04 Å². The molecule has 2 aromatic heterocycles. The second-order valence-electron chi connectivity index (χ2n) is 4.97. The van der Waals surface area contributed by atoms with Gasteiger partial charge in [-0.05, 0) is 25.6 Å². The number of imidazole rings is 1. The van der Waals surface area contributed by atoms with Crippen LogP contribution < -0.4 is 10.2 Å². The lowest BCUT2D eigenvalue weighted by Crippen LogP contribution is -2.33. The summed E-state index contributed by atoms with van der Waals surface area (Å²) in [6, 6.07) is 6.53. The second-order valence-corrected chi connectivity index (χ2v) is 4.97. The Kier molecular flexibility index (Phi) is 3.40. The number of aromatic nitrogens is 2. The number of ether oxygens (including phenoxy) is 1. The third kappa shape index (κ3) is 2.19. The largest absolute Gasteiger partial charge is 0.379 e. The molecule has 3 heterocycles. The number of rotatable bonds is 4. The van der Waals surface area contributed by atoms with E-state index in [4.69, 9.17) is 9.72 Å². The molecule has 0 radical (unpaired) electrons. The Bertz CT molecular complexity index is 560. The van der Waals surface area contributed by atoms with Crippen molar-refractivity contribution < 1.29 is 4.74 Å². The van der Waals surface area contributed by atoms with Crippen LogP contribution in [0.15, 0.2) is 24.4 Å². The molecule has 5 heteroatoms. The minimum atomic E-state index is 0.431. The van der Waals surface area contributed by atoms with Crippen molar-refractivity contribution in [3.63, 3.8) is 0 Å².